The van der Waals surface area contributed by atoms with E-state index >= 15 is 0 Å². The first-order chi connectivity index (χ1) is 9.08. The van der Waals surface area contributed by atoms with Gasteiger partial charge in [-0.15, -0.1) is 0 Å². The third kappa shape index (κ3) is 4.73. The van der Waals surface area contributed by atoms with Crippen LogP contribution in [0.2, 0.25) is 0 Å². The minimum absolute atomic E-state index is 0.131. The van der Waals surface area contributed by atoms with E-state index in [0.717, 1.165) is 12.0 Å². The van der Waals surface area contributed by atoms with Crippen molar-refractivity contribution in [2.45, 2.75) is 32.7 Å². The molecule has 0 heterocycles. The number of hydrogen-bond acceptors (Lipinski definition) is 3. The number of benzene rings is 1. The molecule has 0 saturated heterocycles. The average molecular weight is 263 g/mol. The molecule has 1 amide bonds. The predicted octanol–water partition coefficient (Wildman–Crippen LogP) is 2.45. The fourth-order valence-corrected chi connectivity index (χ4v) is 1.72. The van der Waals surface area contributed by atoms with Gasteiger partial charge in [0.15, 0.2) is 6.04 Å². The highest BCUT2D eigenvalue weighted by Crippen LogP contribution is 2.15. The molecule has 1 aromatic rings. The number of rotatable bonds is 6. The molecule has 1 aromatic carbocycles. The van der Waals surface area contributed by atoms with E-state index in [0.29, 0.717) is 12.3 Å². The first kappa shape index (κ1) is 15.2. The summed E-state index contributed by atoms with van der Waals surface area (Å²) >= 11 is 0. The van der Waals surface area contributed by atoms with Crippen LogP contribution in [0.5, 0.6) is 0 Å². The molecule has 2 atom stereocenters. The highest BCUT2D eigenvalue weighted by molar-refractivity contribution is 5.85. The van der Waals surface area contributed by atoms with Crippen LogP contribution in [0.25, 0.3) is 0 Å². The van der Waals surface area contributed by atoms with Crippen LogP contribution in [0.4, 0.5) is 0 Å². The Labute approximate surface area is 114 Å². The van der Waals surface area contributed by atoms with Crippen molar-refractivity contribution in [2.24, 2.45) is 5.92 Å². The van der Waals surface area contributed by atoms with E-state index in [4.69, 9.17) is 4.74 Å². The van der Waals surface area contributed by atoms with Crippen LogP contribution in [-0.4, -0.2) is 19.0 Å². The lowest BCUT2D eigenvalue weighted by Gasteiger charge is -2.18. The second kappa shape index (κ2) is 7.56. The molecule has 0 aromatic heterocycles. The summed E-state index contributed by atoms with van der Waals surface area (Å²) in [4.78, 5) is 23.7. The van der Waals surface area contributed by atoms with Crippen molar-refractivity contribution in [3.8, 4) is 0 Å². The molecule has 0 aliphatic carbocycles. The molecule has 4 nitrogen and oxygen atoms in total. The lowest BCUT2D eigenvalue weighted by molar-refractivity contribution is -0.145. The normalized spacial score (nSPS) is 13.4. The number of hydrogen-bond donors (Lipinski definition) is 1. The molecule has 1 N–H and O–H groups in total. The van der Waals surface area contributed by atoms with Crippen molar-refractivity contribution in [1.82, 2.24) is 5.32 Å². The second-order valence-corrected chi connectivity index (χ2v) is 4.65. The van der Waals surface area contributed by atoms with Crippen molar-refractivity contribution in [2.75, 3.05) is 7.11 Å². The summed E-state index contributed by atoms with van der Waals surface area (Å²) in [6, 6.07) is 8.37. The highest BCUT2D eigenvalue weighted by atomic mass is 16.5. The Bertz CT molecular complexity index is 417. The van der Waals surface area contributed by atoms with E-state index in [2.05, 4.69) is 5.32 Å². The topological polar surface area (TPSA) is 55.4 Å². The zero-order chi connectivity index (χ0) is 14.3. The molecular formula is C15H21NO3. The quantitative estimate of drug-likeness (QED) is 0.802. The van der Waals surface area contributed by atoms with Gasteiger partial charge in [0.2, 0.25) is 5.91 Å². The van der Waals surface area contributed by atoms with E-state index in [1.165, 1.54) is 7.11 Å². The molecule has 1 rings (SSSR count). The van der Waals surface area contributed by atoms with Gasteiger partial charge in [0.1, 0.15) is 0 Å². The summed E-state index contributed by atoms with van der Waals surface area (Å²) in [5, 5.41) is 2.74. The van der Waals surface area contributed by atoms with Gasteiger partial charge in [0.05, 0.1) is 7.11 Å². The van der Waals surface area contributed by atoms with E-state index in [-0.39, 0.29) is 5.91 Å². The summed E-state index contributed by atoms with van der Waals surface area (Å²) in [6.45, 7) is 4.04. The molecule has 104 valence electrons. The molecular weight excluding hydrogens is 242 g/mol. The number of nitrogens with one attached hydrogen (secondary N) is 1. The lowest BCUT2D eigenvalue weighted by Crippen LogP contribution is -2.35. The van der Waals surface area contributed by atoms with Gasteiger partial charge < -0.3 is 10.1 Å². The van der Waals surface area contributed by atoms with Gasteiger partial charge >= 0.3 is 5.97 Å². The van der Waals surface area contributed by atoms with Crippen LogP contribution < -0.4 is 5.32 Å². The van der Waals surface area contributed by atoms with E-state index in [1.807, 2.05) is 32.0 Å². The predicted molar refractivity (Wildman–Crippen MR) is 73.4 cm³/mol. The van der Waals surface area contributed by atoms with Crippen molar-refractivity contribution in [3.63, 3.8) is 0 Å². The minimum atomic E-state index is -0.734. The molecule has 0 radical (unpaired) electrons. The smallest absolute Gasteiger partial charge is 0.333 e. The Morgan fingerprint density at radius 1 is 1.26 bits per heavy atom. The molecule has 0 bridgehead atoms. The van der Waals surface area contributed by atoms with Crippen molar-refractivity contribution in [1.29, 1.82) is 0 Å². The van der Waals surface area contributed by atoms with Crippen molar-refractivity contribution >= 4 is 11.9 Å². The zero-order valence-electron chi connectivity index (χ0n) is 11.7. The van der Waals surface area contributed by atoms with E-state index < -0.39 is 12.0 Å². The number of esters is 1. The largest absolute Gasteiger partial charge is 0.467 e. The number of methoxy groups -OCH3 is 1. The van der Waals surface area contributed by atoms with Gasteiger partial charge in [-0.3, -0.25) is 4.79 Å². The number of carbonyl (C=O) groups is 2. The van der Waals surface area contributed by atoms with Crippen molar-refractivity contribution in [3.05, 3.63) is 35.9 Å². The average Bonchev–Trinajstić information content (AvgIpc) is 2.44. The van der Waals surface area contributed by atoms with Crippen molar-refractivity contribution < 1.29 is 14.3 Å². The maximum Gasteiger partial charge on any atom is 0.333 e. The summed E-state index contributed by atoms with van der Waals surface area (Å²) < 4.78 is 4.75. The van der Waals surface area contributed by atoms with Crippen LogP contribution in [0.1, 0.15) is 38.3 Å². The van der Waals surface area contributed by atoms with Gasteiger partial charge in [-0.25, -0.2) is 4.79 Å². The minimum Gasteiger partial charge on any atom is -0.467 e. The molecule has 0 spiro atoms. The molecule has 2 unspecified atom stereocenters. The number of ether oxygens (including phenoxy) is 1. The second-order valence-electron chi connectivity index (χ2n) is 4.65. The van der Waals surface area contributed by atoms with E-state index in [9.17, 15) is 9.59 Å². The van der Waals surface area contributed by atoms with Crippen LogP contribution in [0.15, 0.2) is 30.3 Å². The van der Waals surface area contributed by atoms with Crippen LogP contribution in [0.3, 0.4) is 0 Å². The van der Waals surface area contributed by atoms with Crippen LogP contribution >= 0.6 is 0 Å². The monoisotopic (exact) mass is 263 g/mol. The Kier molecular flexibility index (Phi) is 6.06. The fraction of sp³-hybridized carbons (Fsp3) is 0.467. The Morgan fingerprint density at radius 2 is 1.89 bits per heavy atom. The maximum atomic E-state index is 11.9. The summed E-state index contributed by atoms with van der Waals surface area (Å²) in [5.74, 6) is -0.286. The standard InChI is InChI=1S/C15H21NO3/c1-4-11(2)10-13(17)16-14(15(18)19-3)12-8-6-5-7-9-12/h5-9,11,14H,4,10H2,1-3H3,(H,16,17). The molecule has 4 heteroatoms. The molecule has 0 fully saturated rings. The molecule has 0 saturated carbocycles. The summed E-state index contributed by atoms with van der Waals surface area (Å²) in [5.41, 5.74) is 0.729. The highest BCUT2D eigenvalue weighted by Gasteiger charge is 2.23. The first-order valence-electron chi connectivity index (χ1n) is 6.50. The molecule has 19 heavy (non-hydrogen) atoms. The van der Waals surface area contributed by atoms with Gasteiger partial charge in [-0.1, -0.05) is 50.6 Å². The van der Waals surface area contributed by atoms with Gasteiger partial charge in [-0.05, 0) is 11.5 Å². The Morgan fingerprint density at radius 3 is 2.42 bits per heavy atom. The lowest BCUT2D eigenvalue weighted by atomic mass is 10.0. The first-order valence-corrected chi connectivity index (χ1v) is 6.50. The third-order valence-electron chi connectivity index (χ3n) is 3.11. The van der Waals surface area contributed by atoms with Gasteiger partial charge in [-0.2, -0.15) is 0 Å². The summed E-state index contributed by atoms with van der Waals surface area (Å²) in [7, 11) is 1.32. The Balaban J connectivity index is 2.77. The molecule has 0 aliphatic rings. The fourth-order valence-electron chi connectivity index (χ4n) is 1.72. The number of carbonyl (C=O) groups excluding carboxylic acids is 2. The number of amides is 1. The third-order valence-corrected chi connectivity index (χ3v) is 3.11. The van der Waals surface area contributed by atoms with E-state index in [1.54, 1.807) is 12.1 Å². The Hall–Kier alpha value is -1.84. The SMILES string of the molecule is CCC(C)CC(=O)NC(C(=O)OC)c1ccccc1. The molecule has 0 aliphatic heterocycles. The summed E-state index contributed by atoms with van der Waals surface area (Å²) in [6.07, 6.45) is 1.35. The van der Waals surface area contributed by atoms with Crippen LogP contribution in [-0.2, 0) is 14.3 Å². The zero-order valence-corrected chi connectivity index (χ0v) is 11.7. The van der Waals surface area contributed by atoms with Gasteiger partial charge in [0, 0.05) is 6.42 Å². The maximum absolute atomic E-state index is 11.9. The van der Waals surface area contributed by atoms with Gasteiger partial charge in [0.25, 0.3) is 0 Å². The van der Waals surface area contributed by atoms with Crippen LogP contribution in [0, 0.1) is 5.92 Å².